The molecule has 2 aromatic carbocycles. The molecule has 0 atom stereocenters. The molecule has 7 nitrogen and oxygen atoms in total. The van der Waals surface area contributed by atoms with Crippen LogP contribution in [-0.2, 0) is 0 Å². The van der Waals surface area contributed by atoms with E-state index >= 15 is 0 Å². The van der Waals surface area contributed by atoms with Crippen LogP contribution in [0.25, 0.3) is 0 Å². The molecule has 0 saturated carbocycles. The van der Waals surface area contributed by atoms with Gasteiger partial charge in [-0.05, 0) is 36.4 Å². The number of nitrogens with one attached hydrogen (secondary N) is 1. The van der Waals surface area contributed by atoms with Crippen molar-refractivity contribution in [3.05, 3.63) is 42.5 Å². The molecule has 0 spiro atoms. The number of fused-ring (bicyclic) bond motifs is 1. The van der Waals surface area contributed by atoms with E-state index in [9.17, 15) is 13.6 Å². The van der Waals surface area contributed by atoms with Crippen LogP contribution in [0.1, 0.15) is 0 Å². The van der Waals surface area contributed by atoms with Crippen LogP contribution in [0.15, 0.2) is 42.5 Å². The Balaban J connectivity index is 1.33. The number of benzene rings is 2. The minimum Gasteiger partial charge on any atom is -0.497 e. The number of alkyl halides is 2. The molecule has 9 heteroatoms. The summed E-state index contributed by atoms with van der Waals surface area (Å²) in [5, 5.41) is 2.71. The maximum absolute atomic E-state index is 13.1. The number of anilines is 2. The molecule has 2 aliphatic rings. The summed E-state index contributed by atoms with van der Waals surface area (Å²) in [6, 6.07) is 11.6. The summed E-state index contributed by atoms with van der Waals surface area (Å²) < 4.78 is 40.1. The van der Waals surface area contributed by atoms with Gasteiger partial charge in [-0.3, -0.25) is 0 Å². The number of carbonyl (C=O) groups is 1. The summed E-state index contributed by atoms with van der Waals surface area (Å²) in [6.45, 7) is 2.46. The molecular formula is C19H19F2N3O4. The van der Waals surface area contributed by atoms with E-state index in [2.05, 4.69) is 19.7 Å². The van der Waals surface area contributed by atoms with Crippen molar-refractivity contribution in [1.82, 2.24) is 4.90 Å². The van der Waals surface area contributed by atoms with Crippen molar-refractivity contribution in [2.75, 3.05) is 43.5 Å². The summed E-state index contributed by atoms with van der Waals surface area (Å²) in [5.41, 5.74) is 1.43. The first kappa shape index (κ1) is 18.1. The quantitative estimate of drug-likeness (QED) is 0.869. The number of rotatable bonds is 3. The van der Waals surface area contributed by atoms with Crippen molar-refractivity contribution in [2.45, 2.75) is 6.29 Å². The van der Waals surface area contributed by atoms with E-state index in [0.717, 1.165) is 11.4 Å². The SMILES string of the molecule is COc1ccc(N2CCN(C(=O)Nc3ccc4c(c3)OC(F)(F)O4)CC2)cc1. The van der Waals surface area contributed by atoms with Gasteiger partial charge in [-0.25, -0.2) is 4.79 Å². The van der Waals surface area contributed by atoms with Gasteiger partial charge in [-0.1, -0.05) is 0 Å². The first-order chi connectivity index (χ1) is 13.4. The number of carbonyl (C=O) groups excluding carboxylic acids is 1. The number of piperazine rings is 1. The molecule has 2 aliphatic heterocycles. The lowest BCUT2D eigenvalue weighted by atomic mass is 10.2. The fourth-order valence-electron chi connectivity index (χ4n) is 3.19. The van der Waals surface area contributed by atoms with Gasteiger partial charge < -0.3 is 29.3 Å². The minimum atomic E-state index is -3.68. The Morgan fingerprint density at radius 3 is 2.39 bits per heavy atom. The second-order valence-electron chi connectivity index (χ2n) is 6.43. The molecule has 2 heterocycles. The zero-order valence-corrected chi connectivity index (χ0v) is 15.2. The topological polar surface area (TPSA) is 63.3 Å². The van der Waals surface area contributed by atoms with Gasteiger partial charge in [-0.2, -0.15) is 0 Å². The molecule has 4 rings (SSSR count). The van der Waals surface area contributed by atoms with Gasteiger partial charge in [0.25, 0.3) is 0 Å². The average Bonchev–Trinajstić information content (AvgIpc) is 3.01. The molecule has 148 valence electrons. The van der Waals surface area contributed by atoms with E-state index in [1.807, 2.05) is 24.3 Å². The molecule has 1 N–H and O–H groups in total. The summed E-state index contributed by atoms with van der Waals surface area (Å²) in [7, 11) is 1.62. The third-order valence-electron chi connectivity index (χ3n) is 4.66. The molecule has 0 bridgehead atoms. The van der Waals surface area contributed by atoms with E-state index in [1.54, 1.807) is 12.0 Å². The van der Waals surface area contributed by atoms with Crippen LogP contribution in [0.4, 0.5) is 25.0 Å². The second-order valence-corrected chi connectivity index (χ2v) is 6.43. The highest BCUT2D eigenvalue weighted by Crippen LogP contribution is 2.42. The lowest BCUT2D eigenvalue weighted by Gasteiger charge is -2.36. The van der Waals surface area contributed by atoms with Crippen LogP contribution in [-0.4, -0.2) is 50.5 Å². The lowest BCUT2D eigenvalue weighted by Crippen LogP contribution is -2.50. The second kappa shape index (κ2) is 7.06. The zero-order valence-electron chi connectivity index (χ0n) is 15.2. The summed E-state index contributed by atoms with van der Waals surface area (Å²) in [5.74, 6) is 0.631. The molecule has 1 fully saturated rings. The van der Waals surface area contributed by atoms with Crippen molar-refractivity contribution in [3.63, 3.8) is 0 Å². The first-order valence-electron chi connectivity index (χ1n) is 8.78. The largest absolute Gasteiger partial charge is 0.586 e. The maximum atomic E-state index is 13.1. The third kappa shape index (κ3) is 3.73. The molecule has 28 heavy (non-hydrogen) atoms. The predicted octanol–water partition coefficient (Wildman–Crippen LogP) is 3.37. The molecule has 2 amide bonds. The Hall–Kier alpha value is -3.23. The molecular weight excluding hydrogens is 372 g/mol. The van der Waals surface area contributed by atoms with E-state index in [-0.39, 0.29) is 17.5 Å². The molecule has 1 saturated heterocycles. The average molecular weight is 391 g/mol. The van der Waals surface area contributed by atoms with Gasteiger partial charge in [0, 0.05) is 43.6 Å². The monoisotopic (exact) mass is 391 g/mol. The number of urea groups is 1. The Kier molecular flexibility index (Phi) is 4.58. The third-order valence-corrected chi connectivity index (χ3v) is 4.66. The zero-order chi connectivity index (χ0) is 19.7. The highest BCUT2D eigenvalue weighted by atomic mass is 19.3. The normalized spacial score (nSPS) is 17.4. The molecule has 0 aromatic heterocycles. The fourth-order valence-corrected chi connectivity index (χ4v) is 3.19. The molecule has 0 aliphatic carbocycles. The molecule has 0 unspecified atom stereocenters. The molecule has 2 aromatic rings. The van der Waals surface area contributed by atoms with Crippen molar-refractivity contribution >= 4 is 17.4 Å². The van der Waals surface area contributed by atoms with Gasteiger partial charge in [0.05, 0.1) is 7.11 Å². The van der Waals surface area contributed by atoms with Gasteiger partial charge in [0.2, 0.25) is 0 Å². The predicted molar refractivity (Wildman–Crippen MR) is 98.4 cm³/mol. The van der Waals surface area contributed by atoms with Gasteiger partial charge in [0.15, 0.2) is 11.5 Å². The highest BCUT2D eigenvalue weighted by Gasteiger charge is 2.43. The Labute approximate surface area is 160 Å². The van der Waals surface area contributed by atoms with Crippen molar-refractivity contribution < 1.29 is 27.8 Å². The smallest absolute Gasteiger partial charge is 0.497 e. The number of hydrogen-bond donors (Lipinski definition) is 1. The summed E-state index contributed by atoms with van der Waals surface area (Å²) in [6.07, 6.45) is -3.68. The van der Waals surface area contributed by atoms with Crippen LogP contribution in [0, 0.1) is 0 Å². The van der Waals surface area contributed by atoms with Crippen molar-refractivity contribution in [2.24, 2.45) is 0 Å². The van der Waals surface area contributed by atoms with Crippen LogP contribution in [0.3, 0.4) is 0 Å². The number of nitrogens with zero attached hydrogens (tertiary/aromatic N) is 2. The van der Waals surface area contributed by atoms with Crippen molar-refractivity contribution in [1.29, 1.82) is 0 Å². The van der Waals surface area contributed by atoms with E-state index < -0.39 is 6.29 Å². The Morgan fingerprint density at radius 2 is 1.71 bits per heavy atom. The minimum absolute atomic E-state index is 0.0592. The maximum Gasteiger partial charge on any atom is 0.586 e. The van der Waals surface area contributed by atoms with E-state index in [4.69, 9.17) is 4.74 Å². The fraction of sp³-hybridized carbons (Fsp3) is 0.316. The van der Waals surface area contributed by atoms with Gasteiger partial charge in [-0.15, -0.1) is 8.78 Å². The van der Waals surface area contributed by atoms with E-state index in [1.165, 1.54) is 18.2 Å². The number of amides is 2. The van der Waals surface area contributed by atoms with E-state index in [0.29, 0.717) is 31.9 Å². The standard InChI is InChI=1S/C19H19F2N3O4/c1-26-15-5-3-14(4-6-15)23-8-10-24(11-9-23)18(25)22-13-2-7-16-17(12-13)28-19(20,21)27-16/h2-7,12H,8-11H2,1H3,(H,22,25). The Bertz CT molecular complexity index is 868. The number of ether oxygens (including phenoxy) is 3. The van der Waals surface area contributed by atoms with Crippen LogP contribution in [0.2, 0.25) is 0 Å². The number of hydrogen-bond acceptors (Lipinski definition) is 5. The Morgan fingerprint density at radius 1 is 1.04 bits per heavy atom. The lowest BCUT2D eigenvalue weighted by molar-refractivity contribution is -0.286. The first-order valence-corrected chi connectivity index (χ1v) is 8.78. The highest BCUT2D eigenvalue weighted by molar-refractivity contribution is 5.90. The van der Waals surface area contributed by atoms with Gasteiger partial charge >= 0.3 is 12.3 Å². The molecule has 0 radical (unpaired) electrons. The van der Waals surface area contributed by atoms with Crippen molar-refractivity contribution in [3.8, 4) is 17.2 Å². The van der Waals surface area contributed by atoms with Gasteiger partial charge in [0.1, 0.15) is 5.75 Å². The van der Waals surface area contributed by atoms with Crippen LogP contribution < -0.4 is 24.4 Å². The summed E-state index contributed by atoms with van der Waals surface area (Å²) in [4.78, 5) is 16.3. The summed E-state index contributed by atoms with van der Waals surface area (Å²) >= 11 is 0. The number of methoxy groups -OCH3 is 1. The van der Waals surface area contributed by atoms with Crippen LogP contribution >= 0.6 is 0 Å². The van der Waals surface area contributed by atoms with Crippen LogP contribution in [0.5, 0.6) is 17.2 Å². The number of halogens is 2.